The average molecular weight is 166 g/mol. The maximum absolute atomic E-state index is 2.54. The maximum Gasteiger partial charge on any atom is -0.0297 e. The Kier molecular flexibility index (Phi) is 2.18. The molecule has 0 unspecified atom stereocenters. The van der Waals surface area contributed by atoms with Crippen LogP contribution in [0, 0.1) is 17.3 Å². The summed E-state index contributed by atoms with van der Waals surface area (Å²) in [6, 6.07) is 0. The first kappa shape index (κ1) is 8.59. The molecule has 0 spiro atoms. The smallest absolute Gasteiger partial charge is 0.0297 e. The van der Waals surface area contributed by atoms with E-state index in [0.717, 1.165) is 17.3 Å². The van der Waals surface area contributed by atoms with Gasteiger partial charge in [0.05, 0.1) is 0 Å². The Morgan fingerprint density at radius 2 is 1.58 bits per heavy atom. The maximum atomic E-state index is 2.54. The van der Waals surface area contributed by atoms with Crippen LogP contribution in [0.5, 0.6) is 0 Å². The first-order chi connectivity index (χ1) is 5.71. The summed E-state index contributed by atoms with van der Waals surface area (Å²) < 4.78 is 0. The summed E-state index contributed by atoms with van der Waals surface area (Å²) >= 11 is 0. The van der Waals surface area contributed by atoms with Gasteiger partial charge in [-0.3, -0.25) is 0 Å². The van der Waals surface area contributed by atoms with Gasteiger partial charge in [-0.15, -0.1) is 0 Å². The van der Waals surface area contributed by atoms with Crippen molar-refractivity contribution in [2.45, 2.75) is 58.8 Å². The summed E-state index contributed by atoms with van der Waals surface area (Å²) in [7, 11) is 0. The lowest BCUT2D eigenvalue weighted by Crippen LogP contribution is -2.35. The molecule has 0 nitrogen and oxygen atoms in total. The third-order valence-electron chi connectivity index (χ3n) is 4.51. The zero-order chi connectivity index (χ0) is 8.60. The largest absolute Gasteiger partial charge is 0.0625 e. The van der Waals surface area contributed by atoms with Gasteiger partial charge >= 0.3 is 0 Å². The van der Waals surface area contributed by atoms with Crippen molar-refractivity contribution < 1.29 is 0 Å². The Labute approximate surface area is 76.7 Å². The number of hydrogen-bond acceptors (Lipinski definition) is 0. The van der Waals surface area contributed by atoms with E-state index < -0.39 is 0 Å². The molecule has 0 aromatic rings. The van der Waals surface area contributed by atoms with E-state index in [-0.39, 0.29) is 0 Å². The van der Waals surface area contributed by atoms with Crippen molar-refractivity contribution >= 4 is 0 Å². The molecule has 2 aliphatic carbocycles. The fourth-order valence-corrected chi connectivity index (χ4v) is 2.94. The van der Waals surface area contributed by atoms with Crippen LogP contribution in [0.15, 0.2) is 0 Å². The number of rotatable bonds is 1. The predicted octanol–water partition coefficient (Wildman–Crippen LogP) is 4.00. The zero-order valence-electron chi connectivity index (χ0n) is 8.60. The summed E-state index contributed by atoms with van der Waals surface area (Å²) in [5.41, 5.74) is 0.755. The van der Waals surface area contributed by atoms with Gasteiger partial charge in [-0.1, -0.05) is 33.1 Å². The molecule has 0 heterocycles. The lowest BCUT2D eigenvalue weighted by Gasteiger charge is -2.46. The van der Waals surface area contributed by atoms with E-state index in [1.54, 1.807) is 0 Å². The third kappa shape index (κ3) is 1.41. The predicted molar refractivity (Wildman–Crippen MR) is 53.1 cm³/mol. The molecular weight excluding hydrogens is 144 g/mol. The van der Waals surface area contributed by atoms with Gasteiger partial charge in [0.2, 0.25) is 0 Å². The molecule has 2 saturated carbocycles. The Hall–Kier alpha value is 0. The second-order valence-electron chi connectivity index (χ2n) is 5.46. The van der Waals surface area contributed by atoms with E-state index in [1.165, 1.54) is 44.9 Å². The average Bonchev–Trinajstić information content (AvgIpc) is 1.92. The Morgan fingerprint density at radius 3 is 2.00 bits per heavy atom. The fraction of sp³-hybridized carbons (Fsp3) is 1.00. The van der Waals surface area contributed by atoms with Gasteiger partial charge in [0, 0.05) is 0 Å². The molecule has 0 saturated heterocycles. The van der Waals surface area contributed by atoms with E-state index >= 15 is 0 Å². The SMILES string of the molecule is CC1CCC(C)(C2CCC2)CC1. The fourth-order valence-electron chi connectivity index (χ4n) is 2.94. The monoisotopic (exact) mass is 166 g/mol. The molecule has 0 amide bonds. The molecule has 2 aliphatic rings. The van der Waals surface area contributed by atoms with Gasteiger partial charge in [0.25, 0.3) is 0 Å². The summed E-state index contributed by atoms with van der Waals surface area (Å²) in [4.78, 5) is 0. The lowest BCUT2D eigenvalue weighted by molar-refractivity contribution is 0.0454. The zero-order valence-corrected chi connectivity index (χ0v) is 8.60. The third-order valence-corrected chi connectivity index (χ3v) is 4.51. The van der Waals surface area contributed by atoms with Gasteiger partial charge in [0.15, 0.2) is 0 Å². The molecule has 70 valence electrons. The minimum absolute atomic E-state index is 0.755. The molecule has 12 heavy (non-hydrogen) atoms. The molecule has 0 N–H and O–H groups in total. The minimum atomic E-state index is 0.755. The first-order valence-electron chi connectivity index (χ1n) is 5.71. The summed E-state index contributed by atoms with van der Waals surface area (Å²) in [5.74, 6) is 2.11. The summed E-state index contributed by atoms with van der Waals surface area (Å²) in [5, 5.41) is 0. The highest BCUT2D eigenvalue weighted by Crippen LogP contribution is 2.51. The van der Waals surface area contributed by atoms with Gasteiger partial charge in [-0.25, -0.2) is 0 Å². The van der Waals surface area contributed by atoms with Crippen LogP contribution in [0.25, 0.3) is 0 Å². The van der Waals surface area contributed by atoms with E-state index in [1.807, 2.05) is 0 Å². The highest BCUT2D eigenvalue weighted by molar-refractivity contribution is 4.90. The Balaban J connectivity index is 1.92. The second kappa shape index (κ2) is 3.05. The van der Waals surface area contributed by atoms with Crippen molar-refractivity contribution in [1.29, 1.82) is 0 Å². The van der Waals surface area contributed by atoms with Crippen LogP contribution in [0.1, 0.15) is 58.8 Å². The van der Waals surface area contributed by atoms with Crippen molar-refractivity contribution in [2.75, 3.05) is 0 Å². The van der Waals surface area contributed by atoms with Crippen LogP contribution in [0.3, 0.4) is 0 Å². The van der Waals surface area contributed by atoms with Gasteiger partial charge in [-0.05, 0) is 42.9 Å². The van der Waals surface area contributed by atoms with Crippen molar-refractivity contribution in [3.05, 3.63) is 0 Å². The van der Waals surface area contributed by atoms with E-state index in [0.29, 0.717) is 0 Å². The summed E-state index contributed by atoms with van der Waals surface area (Å²) in [6.07, 6.45) is 10.6. The lowest BCUT2D eigenvalue weighted by atomic mass is 9.59. The van der Waals surface area contributed by atoms with Crippen LogP contribution in [0.4, 0.5) is 0 Å². The molecule has 0 bridgehead atoms. The molecule has 0 radical (unpaired) electrons. The van der Waals surface area contributed by atoms with Crippen molar-refractivity contribution in [2.24, 2.45) is 17.3 Å². The molecule has 0 aliphatic heterocycles. The van der Waals surface area contributed by atoms with Crippen LogP contribution in [-0.2, 0) is 0 Å². The van der Waals surface area contributed by atoms with Crippen molar-refractivity contribution in [3.63, 3.8) is 0 Å². The Bertz CT molecular complexity index is 147. The van der Waals surface area contributed by atoms with Crippen molar-refractivity contribution in [3.8, 4) is 0 Å². The molecule has 0 heteroatoms. The highest BCUT2D eigenvalue weighted by atomic mass is 14.4. The van der Waals surface area contributed by atoms with Crippen LogP contribution in [-0.4, -0.2) is 0 Å². The van der Waals surface area contributed by atoms with Crippen LogP contribution in [0.2, 0.25) is 0 Å². The second-order valence-corrected chi connectivity index (χ2v) is 5.46. The highest BCUT2D eigenvalue weighted by Gasteiger charge is 2.39. The van der Waals surface area contributed by atoms with Crippen LogP contribution < -0.4 is 0 Å². The van der Waals surface area contributed by atoms with Gasteiger partial charge in [0.1, 0.15) is 0 Å². The first-order valence-corrected chi connectivity index (χ1v) is 5.71. The quantitative estimate of drug-likeness (QED) is 0.552. The molecule has 2 fully saturated rings. The van der Waals surface area contributed by atoms with Crippen LogP contribution >= 0.6 is 0 Å². The molecule has 0 atom stereocenters. The van der Waals surface area contributed by atoms with Gasteiger partial charge < -0.3 is 0 Å². The topological polar surface area (TPSA) is 0 Å². The van der Waals surface area contributed by atoms with E-state index in [2.05, 4.69) is 13.8 Å². The minimum Gasteiger partial charge on any atom is -0.0625 e. The Morgan fingerprint density at radius 1 is 1.00 bits per heavy atom. The van der Waals surface area contributed by atoms with Gasteiger partial charge in [-0.2, -0.15) is 0 Å². The molecule has 0 aromatic carbocycles. The molecular formula is C12H22. The normalized spacial score (nSPS) is 44.0. The van der Waals surface area contributed by atoms with E-state index in [4.69, 9.17) is 0 Å². The van der Waals surface area contributed by atoms with E-state index in [9.17, 15) is 0 Å². The molecule has 0 aromatic heterocycles. The van der Waals surface area contributed by atoms with Crippen molar-refractivity contribution in [1.82, 2.24) is 0 Å². The molecule has 2 rings (SSSR count). The number of hydrogen-bond donors (Lipinski definition) is 0. The standard InChI is InChI=1S/C12H22/c1-10-6-8-12(2,9-7-10)11-4-3-5-11/h10-11H,3-9H2,1-2H3. The summed E-state index contributed by atoms with van der Waals surface area (Å²) in [6.45, 7) is 4.96.